The van der Waals surface area contributed by atoms with Gasteiger partial charge in [-0.2, -0.15) is 0 Å². The maximum absolute atomic E-state index is 10.4. The van der Waals surface area contributed by atoms with Crippen molar-refractivity contribution in [2.24, 2.45) is 0 Å². The number of hydrogen-bond donors (Lipinski definition) is 1. The van der Waals surface area contributed by atoms with Crippen molar-refractivity contribution < 1.29 is 9.90 Å². The van der Waals surface area contributed by atoms with Crippen molar-refractivity contribution in [3.05, 3.63) is 17.4 Å². The van der Waals surface area contributed by atoms with Crippen LogP contribution in [-0.2, 0) is 11.2 Å². The van der Waals surface area contributed by atoms with Crippen molar-refractivity contribution >= 4 is 22.3 Å². The molecule has 1 N–H and O–H groups in total. The monoisotopic (exact) mass is 183 g/mol. The first-order chi connectivity index (χ1) is 5.77. The summed E-state index contributed by atoms with van der Waals surface area (Å²) in [6.45, 7) is 0. The average molecular weight is 183 g/mol. The largest absolute Gasteiger partial charge is 0.481 e. The first-order valence-electron chi connectivity index (χ1n) is 3.26. The number of aromatic nitrogens is 3. The van der Waals surface area contributed by atoms with Crippen molar-refractivity contribution in [1.82, 2.24) is 14.6 Å². The van der Waals surface area contributed by atoms with Gasteiger partial charge in [0, 0.05) is 11.6 Å². The smallest absolute Gasteiger partial charge is 0.311 e. The van der Waals surface area contributed by atoms with E-state index in [1.54, 1.807) is 10.6 Å². The topological polar surface area (TPSA) is 67.5 Å². The van der Waals surface area contributed by atoms with Crippen molar-refractivity contribution in [2.45, 2.75) is 6.42 Å². The second-order valence-corrected chi connectivity index (χ2v) is 3.12. The fourth-order valence-electron chi connectivity index (χ4n) is 0.945. The second kappa shape index (κ2) is 2.56. The molecule has 2 aromatic rings. The summed E-state index contributed by atoms with van der Waals surface area (Å²) in [4.78, 5) is 11.1. The van der Waals surface area contributed by atoms with E-state index in [0.717, 1.165) is 4.96 Å². The van der Waals surface area contributed by atoms with E-state index < -0.39 is 5.97 Å². The molecule has 2 rings (SSSR count). The van der Waals surface area contributed by atoms with Crippen molar-refractivity contribution in [3.8, 4) is 0 Å². The van der Waals surface area contributed by atoms with Crippen LogP contribution in [-0.4, -0.2) is 25.7 Å². The third-order valence-corrected chi connectivity index (χ3v) is 2.17. The van der Waals surface area contributed by atoms with Gasteiger partial charge in [0.15, 0.2) is 0 Å². The lowest BCUT2D eigenvalue weighted by atomic mass is 10.4. The Morgan fingerprint density at radius 1 is 1.67 bits per heavy atom. The number of carbonyl (C=O) groups is 1. The third kappa shape index (κ3) is 1.06. The zero-order valence-corrected chi connectivity index (χ0v) is 6.78. The Labute approximate surface area is 71.3 Å². The summed E-state index contributed by atoms with van der Waals surface area (Å²) in [6, 6.07) is 0. The van der Waals surface area contributed by atoms with Gasteiger partial charge in [-0.25, -0.2) is 0 Å². The quantitative estimate of drug-likeness (QED) is 0.732. The lowest BCUT2D eigenvalue weighted by Gasteiger charge is -1.89. The Kier molecular flexibility index (Phi) is 1.54. The minimum absolute atomic E-state index is 0.0854. The van der Waals surface area contributed by atoms with Gasteiger partial charge in [0.25, 0.3) is 0 Å². The minimum Gasteiger partial charge on any atom is -0.481 e. The Hall–Kier alpha value is -1.43. The molecule has 0 aliphatic heterocycles. The second-order valence-electron chi connectivity index (χ2n) is 2.24. The van der Waals surface area contributed by atoms with Gasteiger partial charge in [0.05, 0.1) is 0 Å². The molecule has 62 valence electrons. The summed E-state index contributed by atoms with van der Waals surface area (Å²) in [5, 5.41) is 17.9. The maximum atomic E-state index is 10.4. The van der Waals surface area contributed by atoms with Gasteiger partial charge in [0.2, 0.25) is 4.96 Å². The fraction of sp³-hybridized carbons (Fsp3) is 0.167. The lowest BCUT2D eigenvalue weighted by molar-refractivity contribution is -0.136. The molecule has 0 spiro atoms. The highest BCUT2D eigenvalue weighted by Crippen LogP contribution is 2.10. The molecule has 0 fully saturated rings. The number of aliphatic carboxylic acids is 1. The standard InChI is InChI=1S/C6H5N3O2S/c10-5(11)3-4-7-8-6-9(4)1-2-12-6/h1-2H,3H2,(H,10,11). The Bertz CT molecular complexity index is 419. The molecule has 0 radical (unpaired) electrons. The van der Waals surface area contributed by atoms with Gasteiger partial charge in [-0.3, -0.25) is 9.20 Å². The molecule has 0 aromatic carbocycles. The van der Waals surface area contributed by atoms with Crippen LogP contribution < -0.4 is 0 Å². The molecule has 0 saturated heterocycles. The number of carboxylic acid groups (broad SMARTS) is 1. The van der Waals surface area contributed by atoms with E-state index in [2.05, 4.69) is 10.2 Å². The van der Waals surface area contributed by atoms with Crippen LogP contribution in [0.2, 0.25) is 0 Å². The summed E-state index contributed by atoms with van der Waals surface area (Å²) in [6.07, 6.45) is 1.68. The Morgan fingerprint density at radius 3 is 3.25 bits per heavy atom. The van der Waals surface area contributed by atoms with Crippen LogP contribution in [0.4, 0.5) is 0 Å². The van der Waals surface area contributed by atoms with Crippen LogP contribution >= 0.6 is 11.3 Å². The maximum Gasteiger partial charge on any atom is 0.311 e. The molecule has 0 aliphatic rings. The molecule has 0 saturated carbocycles. The summed E-state index contributed by atoms with van der Waals surface area (Å²) < 4.78 is 1.68. The Balaban J connectivity index is 2.47. The van der Waals surface area contributed by atoms with Gasteiger partial charge >= 0.3 is 5.97 Å². The third-order valence-electron chi connectivity index (χ3n) is 1.43. The molecule has 0 aliphatic carbocycles. The zero-order valence-electron chi connectivity index (χ0n) is 5.97. The van der Waals surface area contributed by atoms with Crippen LogP contribution in [0.1, 0.15) is 5.82 Å². The zero-order chi connectivity index (χ0) is 8.55. The number of rotatable bonds is 2. The van der Waals surface area contributed by atoms with Crippen LogP contribution in [0.5, 0.6) is 0 Å². The molecule has 5 nitrogen and oxygen atoms in total. The normalized spacial score (nSPS) is 10.7. The van der Waals surface area contributed by atoms with Crippen LogP contribution in [0, 0.1) is 0 Å². The van der Waals surface area contributed by atoms with E-state index in [-0.39, 0.29) is 6.42 Å². The molecule has 6 heteroatoms. The number of fused-ring (bicyclic) bond motifs is 1. The van der Waals surface area contributed by atoms with Gasteiger partial charge in [-0.15, -0.1) is 21.5 Å². The molecule has 0 atom stereocenters. The van der Waals surface area contributed by atoms with Crippen LogP contribution in [0.3, 0.4) is 0 Å². The highest BCUT2D eigenvalue weighted by molar-refractivity contribution is 7.15. The average Bonchev–Trinajstić information content (AvgIpc) is 2.52. The molecule has 0 bridgehead atoms. The predicted octanol–water partition coefficient (Wildman–Crippen LogP) is 0.418. The van der Waals surface area contributed by atoms with Crippen LogP contribution in [0.15, 0.2) is 11.6 Å². The lowest BCUT2D eigenvalue weighted by Crippen LogP contribution is -2.03. The SMILES string of the molecule is O=C(O)Cc1nnc2sccn12. The van der Waals surface area contributed by atoms with E-state index in [9.17, 15) is 4.79 Å². The summed E-state index contributed by atoms with van der Waals surface area (Å²) >= 11 is 1.43. The van der Waals surface area contributed by atoms with Crippen molar-refractivity contribution in [2.75, 3.05) is 0 Å². The molecule has 0 unspecified atom stereocenters. The Morgan fingerprint density at radius 2 is 2.50 bits per heavy atom. The fourth-order valence-corrected chi connectivity index (χ4v) is 1.62. The number of carboxylic acids is 1. The van der Waals surface area contributed by atoms with E-state index >= 15 is 0 Å². The summed E-state index contributed by atoms with van der Waals surface area (Å²) in [7, 11) is 0. The highest BCUT2D eigenvalue weighted by atomic mass is 32.1. The van der Waals surface area contributed by atoms with Gasteiger partial charge in [-0.05, 0) is 0 Å². The van der Waals surface area contributed by atoms with Gasteiger partial charge < -0.3 is 5.11 Å². The minimum atomic E-state index is -0.893. The molecule has 0 amide bonds. The predicted molar refractivity (Wildman–Crippen MR) is 42.2 cm³/mol. The first kappa shape index (κ1) is 7.23. The number of nitrogens with zero attached hydrogens (tertiary/aromatic N) is 3. The molecule has 2 heterocycles. The van der Waals surface area contributed by atoms with Crippen molar-refractivity contribution in [1.29, 1.82) is 0 Å². The highest BCUT2D eigenvalue weighted by Gasteiger charge is 2.08. The molecular formula is C6H5N3O2S. The van der Waals surface area contributed by atoms with Crippen molar-refractivity contribution in [3.63, 3.8) is 0 Å². The molecule has 2 aromatic heterocycles. The van der Waals surface area contributed by atoms with Gasteiger partial charge in [-0.1, -0.05) is 0 Å². The summed E-state index contributed by atoms with van der Waals surface area (Å²) in [5.41, 5.74) is 0. The first-order valence-corrected chi connectivity index (χ1v) is 4.14. The van der Waals surface area contributed by atoms with E-state index in [4.69, 9.17) is 5.11 Å². The van der Waals surface area contributed by atoms with E-state index in [0.29, 0.717) is 5.82 Å². The molecule has 12 heavy (non-hydrogen) atoms. The number of thiazole rings is 1. The van der Waals surface area contributed by atoms with E-state index in [1.807, 2.05) is 5.38 Å². The summed E-state index contributed by atoms with van der Waals surface area (Å²) in [5.74, 6) is -0.422. The van der Waals surface area contributed by atoms with Crippen LogP contribution in [0.25, 0.3) is 4.96 Å². The van der Waals surface area contributed by atoms with Gasteiger partial charge in [0.1, 0.15) is 12.2 Å². The molecular weight excluding hydrogens is 178 g/mol. The van der Waals surface area contributed by atoms with E-state index in [1.165, 1.54) is 11.3 Å². The number of hydrogen-bond acceptors (Lipinski definition) is 4.